The van der Waals surface area contributed by atoms with Crippen LogP contribution in [0.25, 0.3) is 21.5 Å². The number of anilines is 1. The number of amides is 1. The number of aromatic nitrogens is 2. The molecule has 0 aliphatic carbocycles. The molecule has 0 radical (unpaired) electrons. The Morgan fingerprint density at radius 2 is 1.80 bits per heavy atom. The number of aryl methyl sites for hydroxylation is 1. The van der Waals surface area contributed by atoms with Gasteiger partial charge in [-0.1, -0.05) is 48.5 Å². The molecule has 2 aromatic carbocycles. The number of nitrogens with one attached hydrogen (secondary N) is 1. The van der Waals surface area contributed by atoms with Gasteiger partial charge in [-0.3, -0.25) is 9.78 Å². The average Bonchev–Trinajstić information content (AvgIpc) is 3.05. The van der Waals surface area contributed by atoms with E-state index in [9.17, 15) is 4.79 Å². The molecule has 1 amide bonds. The number of hydrogen-bond acceptors (Lipinski definition) is 4. The smallest absolute Gasteiger partial charge is 0.275 e. The van der Waals surface area contributed by atoms with Gasteiger partial charge in [0.15, 0.2) is 0 Å². The Kier molecular flexibility index (Phi) is 3.99. The van der Waals surface area contributed by atoms with Crippen molar-refractivity contribution in [2.24, 2.45) is 0 Å². The molecule has 2 aromatic heterocycles. The second-order valence-electron chi connectivity index (χ2n) is 5.62. The van der Waals surface area contributed by atoms with Gasteiger partial charge < -0.3 is 5.32 Å². The van der Waals surface area contributed by atoms with Crippen molar-refractivity contribution in [2.45, 2.75) is 6.92 Å². The topological polar surface area (TPSA) is 54.9 Å². The molecule has 0 atom stereocenters. The van der Waals surface area contributed by atoms with Gasteiger partial charge in [0.25, 0.3) is 5.91 Å². The highest BCUT2D eigenvalue weighted by molar-refractivity contribution is 7.15. The summed E-state index contributed by atoms with van der Waals surface area (Å²) in [5, 5.41) is 4.78. The third kappa shape index (κ3) is 3.02. The van der Waals surface area contributed by atoms with Crippen molar-refractivity contribution in [3.8, 4) is 10.6 Å². The molecule has 0 aliphatic heterocycles. The lowest BCUT2D eigenvalue weighted by molar-refractivity contribution is 0.102. The summed E-state index contributed by atoms with van der Waals surface area (Å²) in [4.78, 5) is 22.5. The van der Waals surface area contributed by atoms with Crippen molar-refractivity contribution in [3.05, 3.63) is 77.4 Å². The quantitative estimate of drug-likeness (QED) is 0.573. The summed E-state index contributed by atoms with van der Waals surface area (Å²) in [7, 11) is 0. The lowest BCUT2D eigenvalue weighted by Crippen LogP contribution is -2.14. The number of nitrogens with zero attached hydrogens (tertiary/aromatic N) is 2. The maximum Gasteiger partial charge on any atom is 0.275 e. The van der Waals surface area contributed by atoms with E-state index < -0.39 is 0 Å². The summed E-state index contributed by atoms with van der Waals surface area (Å²) in [5.74, 6) is -0.214. The van der Waals surface area contributed by atoms with Gasteiger partial charge >= 0.3 is 0 Å². The van der Waals surface area contributed by atoms with E-state index in [-0.39, 0.29) is 5.91 Å². The van der Waals surface area contributed by atoms with Crippen LogP contribution in [0.2, 0.25) is 0 Å². The summed E-state index contributed by atoms with van der Waals surface area (Å²) < 4.78 is 0. The molecule has 0 bridgehead atoms. The normalized spacial score (nSPS) is 10.8. The molecule has 0 unspecified atom stereocenters. The SMILES string of the molecule is Cc1sc(-c2ccccc2)nc1C(=O)Nc1cccc2cccnc12. The van der Waals surface area contributed by atoms with E-state index in [4.69, 9.17) is 0 Å². The Balaban J connectivity index is 1.66. The second kappa shape index (κ2) is 6.45. The molecule has 0 saturated carbocycles. The van der Waals surface area contributed by atoms with Gasteiger partial charge in [-0.2, -0.15) is 0 Å². The fraction of sp³-hybridized carbons (Fsp3) is 0.0500. The van der Waals surface area contributed by atoms with E-state index in [1.165, 1.54) is 11.3 Å². The summed E-state index contributed by atoms with van der Waals surface area (Å²) in [5.41, 5.74) is 2.93. The number of pyridine rings is 1. The fourth-order valence-electron chi connectivity index (χ4n) is 2.70. The predicted octanol–water partition coefficient (Wildman–Crippen LogP) is 4.92. The van der Waals surface area contributed by atoms with E-state index >= 15 is 0 Å². The van der Waals surface area contributed by atoms with Crippen molar-refractivity contribution in [3.63, 3.8) is 0 Å². The zero-order chi connectivity index (χ0) is 17.2. The molecule has 0 aliphatic rings. The number of carbonyl (C=O) groups is 1. The molecule has 4 nitrogen and oxygen atoms in total. The number of para-hydroxylation sites is 1. The van der Waals surface area contributed by atoms with Crippen LogP contribution in [-0.2, 0) is 0 Å². The fourth-order valence-corrected chi connectivity index (χ4v) is 3.61. The first-order valence-electron chi connectivity index (χ1n) is 7.90. The Hall–Kier alpha value is -3.05. The average molecular weight is 345 g/mol. The standard InChI is InChI=1S/C20H15N3OS/c1-13-17(23-20(25-13)15-7-3-2-4-8-15)19(24)22-16-11-5-9-14-10-6-12-21-18(14)16/h2-12H,1H3,(H,22,24). The van der Waals surface area contributed by atoms with Gasteiger partial charge in [0, 0.05) is 22.0 Å². The van der Waals surface area contributed by atoms with E-state index in [0.717, 1.165) is 26.4 Å². The van der Waals surface area contributed by atoms with Gasteiger partial charge in [0.05, 0.1) is 11.2 Å². The van der Waals surface area contributed by atoms with Gasteiger partial charge in [-0.15, -0.1) is 11.3 Å². The minimum Gasteiger partial charge on any atom is -0.319 e. The van der Waals surface area contributed by atoms with Crippen LogP contribution in [0.15, 0.2) is 66.9 Å². The molecule has 4 rings (SSSR count). The number of hydrogen-bond donors (Lipinski definition) is 1. The number of carbonyl (C=O) groups excluding carboxylic acids is 1. The first-order valence-corrected chi connectivity index (χ1v) is 8.72. The van der Waals surface area contributed by atoms with Crippen LogP contribution in [0.5, 0.6) is 0 Å². The van der Waals surface area contributed by atoms with Crippen molar-refractivity contribution in [1.29, 1.82) is 0 Å². The maximum atomic E-state index is 12.7. The highest BCUT2D eigenvalue weighted by atomic mass is 32.1. The number of fused-ring (bicyclic) bond motifs is 1. The first kappa shape index (κ1) is 15.5. The first-order chi connectivity index (χ1) is 12.2. The van der Waals surface area contributed by atoms with Crippen molar-refractivity contribution in [1.82, 2.24) is 9.97 Å². The predicted molar refractivity (Wildman–Crippen MR) is 102 cm³/mol. The molecule has 1 N–H and O–H groups in total. The molecule has 0 saturated heterocycles. The lowest BCUT2D eigenvalue weighted by Gasteiger charge is -2.07. The zero-order valence-corrected chi connectivity index (χ0v) is 14.4. The van der Waals surface area contributed by atoms with Gasteiger partial charge in [0.2, 0.25) is 0 Å². The summed E-state index contributed by atoms with van der Waals surface area (Å²) in [6.45, 7) is 1.92. The number of thiazole rings is 1. The van der Waals surface area contributed by atoms with E-state index in [1.54, 1.807) is 6.20 Å². The largest absolute Gasteiger partial charge is 0.319 e. The van der Waals surface area contributed by atoms with Crippen LogP contribution in [0, 0.1) is 6.92 Å². The highest BCUT2D eigenvalue weighted by Gasteiger charge is 2.17. The zero-order valence-electron chi connectivity index (χ0n) is 13.6. The summed E-state index contributed by atoms with van der Waals surface area (Å²) >= 11 is 1.52. The van der Waals surface area contributed by atoms with Crippen LogP contribution in [-0.4, -0.2) is 15.9 Å². The molecule has 25 heavy (non-hydrogen) atoms. The molecule has 5 heteroatoms. The molecular formula is C20H15N3OS. The third-order valence-electron chi connectivity index (χ3n) is 3.91. The summed E-state index contributed by atoms with van der Waals surface area (Å²) in [6, 6.07) is 19.5. The van der Waals surface area contributed by atoms with Crippen molar-refractivity contribution in [2.75, 3.05) is 5.32 Å². The number of rotatable bonds is 3. The van der Waals surface area contributed by atoms with Gasteiger partial charge in [-0.25, -0.2) is 4.98 Å². The monoisotopic (exact) mass is 345 g/mol. The van der Waals surface area contributed by atoms with Crippen LogP contribution in [0.4, 0.5) is 5.69 Å². The molecule has 0 spiro atoms. The maximum absolute atomic E-state index is 12.7. The molecule has 2 heterocycles. The van der Waals surface area contributed by atoms with Crippen molar-refractivity contribution >= 4 is 33.8 Å². The van der Waals surface area contributed by atoms with Gasteiger partial charge in [-0.05, 0) is 19.1 Å². The Morgan fingerprint density at radius 1 is 1.00 bits per heavy atom. The number of benzene rings is 2. The molecular weight excluding hydrogens is 330 g/mol. The Morgan fingerprint density at radius 3 is 2.64 bits per heavy atom. The molecule has 122 valence electrons. The minimum absolute atomic E-state index is 0.214. The molecule has 0 fully saturated rings. The van der Waals surface area contributed by atoms with Crippen LogP contribution in [0.3, 0.4) is 0 Å². The van der Waals surface area contributed by atoms with Crippen LogP contribution < -0.4 is 5.32 Å². The Bertz CT molecular complexity index is 1050. The lowest BCUT2D eigenvalue weighted by atomic mass is 10.2. The van der Waals surface area contributed by atoms with E-state index in [2.05, 4.69) is 15.3 Å². The van der Waals surface area contributed by atoms with Crippen LogP contribution in [0.1, 0.15) is 15.4 Å². The van der Waals surface area contributed by atoms with Crippen LogP contribution >= 0.6 is 11.3 Å². The molecule has 4 aromatic rings. The second-order valence-corrected chi connectivity index (χ2v) is 6.83. The minimum atomic E-state index is -0.214. The summed E-state index contributed by atoms with van der Waals surface area (Å²) in [6.07, 6.45) is 1.72. The highest BCUT2D eigenvalue weighted by Crippen LogP contribution is 2.28. The van der Waals surface area contributed by atoms with Crippen molar-refractivity contribution < 1.29 is 4.79 Å². The Labute approximate surface area is 149 Å². The van der Waals surface area contributed by atoms with Gasteiger partial charge in [0.1, 0.15) is 10.7 Å². The van der Waals surface area contributed by atoms with E-state index in [1.807, 2.05) is 67.6 Å². The van der Waals surface area contributed by atoms with E-state index in [0.29, 0.717) is 11.4 Å². The third-order valence-corrected chi connectivity index (χ3v) is 4.93.